The maximum absolute atomic E-state index is 13.5. The summed E-state index contributed by atoms with van der Waals surface area (Å²) in [5.41, 5.74) is -15.9. The Morgan fingerprint density at radius 3 is 1.29 bits per heavy atom. The molecule has 3 atom stereocenters. The summed E-state index contributed by atoms with van der Waals surface area (Å²) in [5, 5.41) is 0. The maximum atomic E-state index is 13.5. The molecule has 0 saturated heterocycles. The Balaban J connectivity index is 2.93. The summed E-state index contributed by atoms with van der Waals surface area (Å²) >= 11 is 0. The van der Waals surface area contributed by atoms with E-state index in [-0.39, 0.29) is 0 Å². The minimum atomic E-state index is -5.87. The molecule has 1 saturated carbocycles. The second kappa shape index (κ2) is 2.44. The lowest BCUT2D eigenvalue weighted by Crippen LogP contribution is -2.58. The molecule has 0 aliphatic heterocycles. The van der Waals surface area contributed by atoms with E-state index in [0.29, 0.717) is 0 Å². The Morgan fingerprint density at radius 2 is 1.00 bits per heavy atom. The van der Waals surface area contributed by atoms with Crippen molar-refractivity contribution >= 4 is 0 Å². The van der Waals surface area contributed by atoms with E-state index in [1.165, 1.54) is 0 Å². The molecule has 2 aliphatic rings. The van der Waals surface area contributed by atoms with Crippen LogP contribution in [0.4, 0.5) is 39.5 Å². The number of hydrogen-bond acceptors (Lipinski definition) is 0. The normalized spacial score (nSPS) is 51.2. The van der Waals surface area contributed by atoms with Gasteiger partial charge in [-0.05, 0) is 6.92 Å². The average molecular weight is 270 g/mol. The Labute approximate surface area is 88.1 Å². The topological polar surface area (TPSA) is 0 Å². The van der Waals surface area contributed by atoms with Gasteiger partial charge < -0.3 is 0 Å². The Morgan fingerprint density at radius 1 is 0.647 bits per heavy atom. The number of allylic oxidation sites excluding steroid dienone is 2. The summed E-state index contributed by atoms with van der Waals surface area (Å²) in [4.78, 5) is 0. The van der Waals surface area contributed by atoms with Crippen LogP contribution in [-0.2, 0) is 0 Å². The highest BCUT2D eigenvalue weighted by molar-refractivity contribution is 5.53. The molecule has 17 heavy (non-hydrogen) atoms. The molecule has 0 nitrogen and oxygen atoms in total. The first-order valence-electron chi connectivity index (χ1n) is 4.20. The van der Waals surface area contributed by atoms with Gasteiger partial charge in [0.15, 0.2) is 11.7 Å². The molecule has 3 unspecified atom stereocenters. The van der Waals surface area contributed by atoms with Gasteiger partial charge in [-0.3, -0.25) is 0 Å². The van der Waals surface area contributed by atoms with Gasteiger partial charge in [-0.2, -0.15) is 17.6 Å². The van der Waals surface area contributed by atoms with E-state index in [4.69, 9.17) is 0 Å². The van der Waals surface area contributed by atoms with E-state index in [0.717, 1.165) is 0 Å². The lowest BCUT2D eigenvalue weighted by atomic mass is 9.84. The first-order valence-corrected chi connectivity index (χ1v) is 4.20. The molecule has 0 N–H and O–H groups in total. The van der Waals surface area contributed by atoms with Crippen molar-refractivity contribution in [1.29, 1.82) is 0 Å². The van der Waals surface area contributed by atoms with Gasteiger partial charge in [0.1, 0.15) is 0 Å². The maximum Gasteiger partial charge on any atom is 0.337 e. The Hall–Kier alpha value is -0.890. The van der Waals surface area contributed by atoms with Crippen LogP contribution in [0.25, 0.3) is 0 Å². The molecule has 1 fully saturated rings. The standard InChI is InChI=1S/C8H3F9/c1-4(11)5(12)2(9)3(10)6(13,7(4,14)15)8(5,16)17/h1H3. The van der Waals surface area contributed by atoms with Crippen LogP contribution in [0.2, 0.25) is 0 Å². The Kier molecular flexibility index (Phi) is 1.80. The molecule has 9 heteroatoms. The van der Waals surface area contributed by atoms with Crippen molar-refractivity contribution in [2.24, 2.45) is 0 Å². The molecule has 0 aromatic rings. The highest BCUT2D eigenvalue weighted by Crippen LogP contribution is 2.76. The van der Waals surface area contributed by atoms with E-state index in [2.05, 4.69) is 0 Å². The van der Waals surface area contributed by atoms with Gasteiger partial charge in [-0.1, -0.05) is 0 Å². The number of rotatable bonds is 0. The highest BCUT2D eigenvalue weighted by Gasteiger charge is 3.02. The fraction of sp³-hybridized carbons (Fsp3) is 0.750. The van der Waals surface area contributed by atoms with Crippen molar-refractivity contribution in [3.8, 4) is 0 Å². The molecular weight excluding hydrogens is 267 g/mol. The summed E-state index contributed by atoms with van der Waals surface area (Å²) in [6, 6.07) is 0. The van der Waals surface area contributed by atoms with Crippen LogP contribution in [0, 0.1) is 0 Å². The molecule has 0 amide bonds. The molecule has 0 heterocycles. The van der Waals surface area contributed by atoms with Gasteiger partial charge in [0, 0.05) is 0 Å². The van der Waals surface area contributed by atoms with E-state index >= 15 is 0 Å². The minimum Gasteiger partial charge on any atom is -0.233 e. The minimum absolute atomic E-state index is 0.436. The van der Waals surface area contributed by atoms with E-state index in [9.17, 15) is 39.5 Å². The quantitative estimate of drug-likeness (QED) is 0.590. The van der Waals surface area contributed by atoms with Crippen LogP contribution >= 0.6 is 0 Å². The van der Waals surface area contributed by atoms with Crippen molar-refractivity contribution < 1.29 is 39.5 Å². The first kappa shape index (κ1) is 12.6. The summed E-state index contributed by atoms with van der Waals surface area (Å²) in [7, 11) is 0. The molecule has 2 bridgehead atoms. The molecule has 0 radical (unpaired) electrons. The summed E-state index contributed by atoms with van der Waals surface area (Å²) in [5.74, 6) is -18.1. The fourth-order valence-electron chi connectivity index (χ4n) is 2.19. The zero-order chi connectivity index (χ0) is 13.7. The number of halogens is 9. The highest BCUT2D eigenvalue weighted by atomic mass is 19.3. The second-order valence-corrected chi connectivity index (χ2v) is 4.10. The van der Waals surface area contributed by atoms with E-state index in [1.807, 2.05) is 0 Å². The Bertz CT molecular complexity index is 398. The van der Waals surface area contributed by atoms with Crippen LogP contribution in [0.5, 0.6) is 0 Å². The monoisotopic (exact) mass is 270 g/mol. The molecule has 0 aromatic heterocycles. The third kappa shape index (κ3) is 0.719. The van der Waals surface area contributed by atoms with E-state index in [1.54, 1.807) is 0 Å². The lowest BCUT2D eigenvalue weighted by Gasteiger charge is -2.35. The number of alkyl halides is 7. The SMILES string of the molecule is CC1(F)C(F)(F)C2(F)C(F)=C(F)C1(F)C2(F)F. The van der Waals surface area contributed by atoms with Crippen LogP contribution in [-0.4, -0.2) is 28.9 Å². The predicted molar refractivity (Wildman–Crippen MR) is 36.3 cm³/mol. The second-order valence-electron chi connectivity index (χ2n) is 4.10. The smallest absolute Gasteiger partial charge is 0.233 e. The van der Waals surface area contributed by atoms with Crippen LogP contribution in [0.3, 0.4) is 0 Å². The zero-order valence-corrected chi connectivity index (χ0v) is 7.90. The summed E-state index contributed by atoms with van der Waals surface area (Å²) < 4.78 is 118. The van der Waals surface area contributed by atoms with Crippen LogP contribution < -0.4 is 0 Å². The van der Waals surface area contributed by atoms with Gasteiger partial charge in [-0.15, -0.1) is 0 Å². The third-order valence-electron chi connectivity index (χ3n) is 3.33. The molecule has 2 rings (SSSR count). The lowest BCUT2D eigenvalue weighted by molar-refractivity contribution is -0.213. The average Bonchev–Trinajstić information content (AvgIpc) is 2.33. The molecule has 98 valence electrons. The summed E-state index contributed by atoms with van der Waals surface area (Å²) in [6.45, 7) is -0.436. The van der Waals surface area contributed by atoms with Crippen molar-refractivity contribution in [2.75, 3.05) is 0 Å². The van der Waals surface area contributed by atoms with Crippen molar-refractivity contribution in [3.63, 3.8) is 0 Å². The van der Waals surface area contributed by atoms with Gasteiger partial charge in [0.05, 0.1) is 0 Å². The number of hydrogen-bond donors (Lipinski definition) is 0. The van der Waals surface area contributed by atoms with Crippen molar-refractivity contribution in [1.82, 2.24) is 0 Å². The van der Waals surface area contributed by atoms with E-state index < -0.39 is 47.4 Å². The van der Waals surface area contributed by atoms with Crippen LogP contribution in [0.1, 0.15) is 6.92 Å². The van der Waals surface area contributed by atoms with Gasteiger partial charge in [0.2, 0.25) is 5.67 Å². The molecule has 2 aliphatic carbocycles. The van der Waals surface area contributed by atoms with Crippen molar-refractivity contribution in [2.45, 2.75) is 35.8 Å². The fourth-order valence-corrected chi connectivity index (χ4v) is 2.19. The van der Waals surface area contributed by atoms with Crippen molar-refractivity contribution in [3.05, 3.63) is 11.7 Å². The summed E-state index contributed by atoms with van der Waals surface area (Å²) in [6.07, 6.45) is 0. The molecule has 0 spiro atoms. The predicted octanol–water partition coefficient (Wildman–Crippen LogP) is 3.58. The zero-order valence-electron chi connectivity index (χ0n) is 7.90. The number of fused-ring (bicyclic) bond motifs is 2. The van der Waals surface area contributed by atoms with Crippen LogP contribution in [0.15, 0.2) is 11.7 Å². The van der Waals surface area contributed by atoms with Gasteiger partial charge >= 0.3 is 11.8 Å². The molecular formula is C8H3F9. The molecule has 0 aromatic carbocycles. The third-order valence-corrected chi connectivity index (χ3v) is 3.33. The largest absolute Gasteiger partial charge is 0.337 e. The first-order chi connectivity index (χ1) is 7.32. The van der Waals surface area contributed by atoms with Gasteiger partial charge in [-0.25, -0.2) is 22.0 Å². The van der Waals surface area contributed by atoms with Gasteiger partial charge in [0.25, 0.3) is 11.3 Å².